The minimum atomic E-state index is -0.575. The molecule has 1 aliphatic carbocycles. The van der Waals surface area contributed by atoms with Crippen LogP contribution in [0.3, 0.4) is 0 Å². The molecule has 54 heavy (non-hydrogen) atoms. The van der Waals surface area contributed by atoms with Crippen molar-refractivity contribution in [2.45, 2.75) is 5.41 Å². The molecule has 7 aromatic carbocycles. The zero-order chi connectivity index (χ0) is 35.6. The zero-order valence-electron chi connectivity index (χ0n) is 29.1. The molecule has 0 radical (unpaired) electrons. The van der Waals surface area contributed by atoms with Crippen molar-refractivity contribution >= 4 is 10.8 Å². The van der Waals surface area contributed by atoms with Gasteiger partial charge in [0.2, 0.25) is 0 Å². The number of aromatic nitrogens is 3. The summed E-state index contributed by atoms with van der Waals surface area (Å²) in [5, 5.41) is 2.37. The Balaban J connectivity index is 1.14. The van der Waals surface area contributed by atoms with Gasteiger partial charge in [0.1, 0.15) is 11.5 Å². The van der Waals surface area contributed by atoms with Gasteiger partial charge in [-0.2, -0.15) is 0 Å². The molecule has 11 rings (SSSR count). The van der Waals surface area contributed by atoms with Crippen molar-refractivity contribution in [1.29, 1.82) is 0 Å². The van der Waals surface area contributed by atoms with Gasteiger partial charge in [0.15, 0.2) is 5.82 Å². The van der Waals surface area contributed by atoms with Crippen molar-refractivity contribution in [1.82, 2.24) is 15.0 Å². The van der Waals surface area contributed by atoms with Crippen LogP contribution in [-0.2, 0) is 5.41 Å². The maximum absolute atomic E-state index is 7.03. The number of rotatable bonds is 4. The Hall–Kier alpha value is -7.17. The minimum Gasteiger partial charge on any atom is -0.457 e. The van der Waals surface area contributed by atoms with E-state index in [-0.39, 0.29) is 0 Å². The monoisotopic (exact) mass is 689 g/mol. The Bertz CT molecular complexity index is 2870. The van der Waals surface area contributed by atoms with Crippen molar-refractivity contribution in [3.8, 4) is 67.8 Å². The normalized spacial score (nSPS) is 13.1. The number of hydrogen-bond acceptors (Lipinski definition) is 4. The molecule has 0 fully saturated rings. The molecule has 0 saturated heterocycles. The lowest BCUT2D eigenvalue weighted by atomic mass is 9.66. The fourth-order valence-electron chi connectivity index (χ4n) is 8.57. The van der Waals surface area contributed by atoms with Crippen molar-refractivity contribution in [3.05, 3.63) is 210 Å². The second kappa shape index (κ2) is 11.9. The van der Waals surface area contributed by atoms with E-state index >= 15 is 0 Å². The van der Waals surface area contributed by atoms with Crippen LogP contribution in [0.5, 0.6) is 11.5 Å². The van der Waals surface area contributed by atoms with Gasteiger partial charge in [0.05, 0.1) is 22.5 Å². The maximum atomic E-state index is 7.03. The number of ether oxygens (including phenoxy) is 1. The first-order chi connectivity index (χ1) is 26.7. The number of benzene rings is 7. The lowest BCUT2D eigenvalue weighted by Gasteiger charge is -2.39. The molecule has 2 aromatic heterocycles. The van der Waals surface area contributed by atoms with Crippen molar-refractivity contribution in [2.75, 3.05) is 0 Å². The standard InChI is InChI=1S/C50H31N3O/c1-2-13-33(14-3-1)49-52-45(35-22-21-32-12-4-5-15-34(32)28-35)31-46(53-49)37-24-26-43-48(30-37)54-47-29-36(44-20-10-11-27-51-44)23-25-42(47)50(43)40-18-8-6-16-38(40)39-17-7-9-19-41(39)50/h1-31H. The molecular weight excluding hydrogens is 659 g/mol. The van der Waals surface area contributed by atoms with Gasteiger partial charge in [-0.3, -0.25) is 4.98 Å². The first-order valence-electron chi connectivity index (χ1n) is 18.3. The largest absolute Gasteiger partial charge is 0.457 e. The third-order valence-electron chi connectivity index (χ3n) is 11.0. The van der Waals surface area contributed by atoms with E-state index in [1.54, 1.807) is 0 Å². The quantitative estimate of drug-likeness (QED) is 0.185. The molecule has 9 aromatic rings. The molecule has 4 heteroatoms. The maximum Gasteiger partial charge on any atom is 0.160 e. The average molecular weight is 690 g/mol. The third kappa shape index (κ3) is 4.60. The van der Waals surface area contributed by atoms with Crippen LogP contribution < -0.4 is 4.74 Å². The summed E-state index contributed by atoms with van der Waals surface area (Å²) in [6.45, 7) is 0. The summed E-state index contributed by atoms with van der Waals surface area (Å²) in [6.07, 6.45) is 1.83. The Morgan fingerprint density at radius 1 is 0.370 bits per heavy atom. The summed E-state index contributed by atoms with van der Waals surface area (Å²) in [7, 11) is 0. The summed E-state index contributed by atoms with van der Waals surface area (Å²) in [6, 6.07) is 64.0. The summed E-state index contributed by atoms with van der Waals surface area (Å²) in [4.78, 5) is 15.0. The Kier molecular flexibility index (Phi) is 6.73. The smallest absolute Gasteiger partial charge is 0.160 e. The van der Waals surface area contributed by atoms with Gasteiger partial charge in [-0.1, -0.05) is 146 Å². The summed E-state index contributed by atoms with van der Waals surface area (Å²) in [5.74, 6) is 2.30. The van der Waals surface area contributed by atoms with Crippen LogP contribution in [-0.4, -0.2) is 15.0 Å². The molecule has 252 valence electrons. The molecule has 1 aliphatic heterocycles. The fourth-order valence-corrected chi connectivity index (χ4v) is 8.57. The zero-order valence-corrected chi connectivity index (χ0v) is 29.1. The molecule has 2 aliphatic rings. The lowest BCUT2D eigenvalue weighted by molar-refractivity contribution is 0.437. The molecule has 0 bridgehead atoms. The second-order valence-corrected chi connectivity index (χ2v) is 14.0. The fraction of sp³-hybridized carbons (Fsp3) is 0.0200. The highest BCUT2D eigenvalue weighted by molar-refractivity contribution is 5.90. The van der Waals surface area contributed by atoms with E-state index < -0.39 is 5.41 Å². The molecule has 0 unspecified atom stereocenters. The number of fused-ring (bicyclic) bond motifs is 10. The number of hydrogen-bond donors (Lipinski definition) is 0. The minimum absolute atomic E-state index is 0.575. The Morgan fingerprint density at radius 2 is 0.926 bits per heavy atom. The van der Waals surface area contributed by atoms with Crippen LogP contribution in [0.2, 0.25) is 0 Å². The van der Waals surface area contributed by atoms with Gasteiger partial charge in [0, 0.05) is 39.6 Å². The van der Waals surface area contributed by atoms with Crippen LogP contribution in [0, 0.1) is 0 Å². The van der Waals surface area contributed by atoms with Crippen molar-refractivity contribution < 1.29 is 4.74 Å². The second-order valence-electron chi connectivity index (χ2n) is 14.0. The highest BCUT2D eigenvalue weighted by atomic mass is 16.5. The SMILES string of the molecule is c1ccc(-c2nc(-c3ccc4c(c3)Oc3cc(-c5ccccn5)ccc3C43c4ccccc4-c4ccccc43)cc(-c3ccc4ccccc4c3)n2)cc1. The average Bonchev–Trinajstić information content (AvgIpc) is 3.54. The predicted octanol–water partition coefficient (Wildman–Crippen LogP) is 12.2. The van der Waals surface area contributed by atoms with E-state index in [0.29, 0.717) is 5.82 Å². The van der Waals surface area contributed by atoms with Crippen LogP contribution >= 0.6 is 0 Å². The van der Waals surface area contributed by atoms with Crippen LogP contribution in [0.4, 0.5) is 0 Å². The van der Waals surface area contributed by atoms with Crippen LogP contribution in [0.1, 0.15) is 22.3 Å². The Labute approximate surface area is 313 Å². The van der Waals surface area contributed by atoms with Gasteiger partial charge < -0.3 is 4.74 Å². The summed E-state index contributed by atoms with van der Waals surface area (Å²) >= 11 is 0. The number of pyridine rings is 1. The van der Waals surface area contributed by atoms with E-state index in [1.165, 1.54) is 33.0 Å². The van der Waals surface area contributed by atoms with Crippen molar-refractivity contribution in [3.63, 3.8) is 0 Å². The third-order valence-corrected chi connectivity index (χ3v) is 11.0. The highest BCUT2D eigenvalue weighted by Crippen LogP contribution is 2.62. The van der Waals surface area contributed by atoms with Gasteiger partial charge in [-0.25, -0.2) is 9.97 Å². The van der Waals surface area contributed by atoms with E-state index in [0.717, 1.165) is 62.0 Å². The molecule has 1 spiro atoms. The van der Waals surface area contributed by atoms with Gasteiger partial charge in [-0.15, -0.1) is 0 Å². The van der Waals surface area contributed by atoms with E-state index in [2.05, 4.69) is 151 Å². The molecule has 0 N–H and O–H groups in total. The molecular formula is C50H31N3O. The molecule has 4 nitrogen and oxygen atoms in total. The molecule has 0 amide bonds. The summed E-state index contributed by atoms with van der Waals surface area (Å²) in [5.41, 5.74) is 13.2. The van der Waals surface area contributed by atoms with E-state index in [4.69, 9.17) is 14.7 Å². The van der Waals surface area contributed by atoms with Gasteiger partial charge in [-0.05, 0) is 69.4 Å². The van der Waals surface area contributed by atoms with Crippen molar-refractivity contribution in [2.24, 2.45) is 0 Å². The predicted molar refractivity (Wildman–Crippen MR) is 216 cm³/mol. The van der Waals surface area contributed by atoms with Gasteiger partial charge >= 0.3 is 0 Å². The molecule has 0 saturated carbocycles. The molecule has 3 heterocycles. The lowest BCUT2D eigenvalue weighted by Crippen LogP contribution is -2.32. The Morgan fingerprint density at radius 3 is 1.59 bits per heavy atom. The van der Waals surface area contributed by atoms with Crippen LogP contribution in [0.25, 0.3) is 67.1 Å². The highest BCUT2D eigenvalue weighted by Gasteiger charge is 2.51. The molecule has 0 atom stereocenters. The number of nitrogens with zero attached hydrogens (tertiary/aromatic N) is 3. The van der Waals surface area contributed by atoms with E-state index in [9.17, 15) is 0 Å². The first-order valence-corrected chi connectivity index (χ1v) is 18.3. The van der Waals surface area contributed by atoms with E-state index in [1.807, 2.05) is 42.6 Å². The van der Waals surface area contributed by atoms with Crippen LogP contribution in [0.15, 0.2) is 188 Å². The topological polar surface area (TPSA) is 47.9 Å². The first kappa shape index (κ1) is 30.5. The summed E-state index contributed by atoms with van der Waals surface area (Å²) < 4.78 is 7.03. The van der Waals surface area contributed by atoms with Gasteiger partial charge in [0.25, 0.3) is 0 Å².